The first-order chi connectivity index (χ1) is 9.74. The average molecular weight is 329 g/mol. The molecular formula is C13H14Cl2N4S. The van der Waals surface area contributed by atoms with E-state index in [-0.39, 0.29) is 0 Å². The van der Waals surface area contributed by atoms with Gasteiger partial charge in [-0.3, -0.25) is 4.90 Å². The minimum atomic E-state index is 0.693. The van der Waals surface area contributed by atoms with Crippen LogP contribution in [-0.4, -0.2) is 40.7 Å². The van der Waals surface area contributed by atoms with Gasteiger partial charge in [-0.25, -0.2) is 0 Å². The second-order valence-corrected chi connectivity index (χ2v) is 6.47. The molecule has 0 bridgehead atoms. The van der Waals surface area contributed by atoms with Crippen molar-refractivity contribution in [3.05, 3.63) is 39.3 Å². The van der Waals surface area contributed by atoms with Crippen LogP contribution in [-0.2, 0) is 6.54 Å². The lowest BCUT2D eigenvalue weighted by molar-refractivity contribution is 0.247. The van der Waals surface area contributed by atoms with Gasteiger partial charge in [-0.05, 0) is 12.1 Å². The maximum Gasteiger partial charge on any atom is 0.138 e. The van der Waals surface area contributed by atoms with Gasteiger partial charge in [0.05, 0.1) is 10.7 Å². The summed E-state index contributed by atoms with van der Waals surface area (Å²) in [5.74, 6) is 0. The van der Waals surface area contributed by atoms with Gasteiger partial charge in [0.15, 0.2) is 0 Å². The number of hydrogen-bond acceptors (Lipinski definition) is 5. The van der Waals surface area contributed by atoms with Gasteiger partial charge in [0.1, 0.15) is 10.0 Å². The van der Waals surface area contributed by atoms with Crippen molar-refractivity contribution in [1.29, 1.82) is 0 Å². The van der Waals surface area contributed by atoms with Crippen molar-refractivity contribution in [3.8, 4) is 0 Å². The van der Waals surface area contributed by atoms with Gasteiger partial charge < -0.3 is 4.90 Å². The Morgan fingerprint density at radius 1 is 1.10 bits per heavy atom. The second kappa shape index (κ2) is 6.26. The van der Waals surface area contributed by atoms with Crippen LogP contribution >= 0.6 is 34.7 Å². The van der Waals surface area contributed by atoms with Gasteiger partial charge in [0, 0.05) is 44.3 Å². The predicted octanol–water partition coefficient (Wildman–Crippen LogP) is 3.17. The molecule has 1 saturated heterocycles. The Labute approximate surface area is 132 Å². The molecule has 1 aromatic heterocycles. The van der Waals surface area contributed by atoms with Crippen LogP contribution in [0.3, 0.4) is 0 Å². The standard InChI is InChI=1S/C13H14Cl2N4S/c14-10-3-1-2-4-12(10)19-7-5-18(6-8-19)9-11-13(15)20-17-16-11/h1-4H,5-9H2. The summed E-state index contributed by atoms with van der Waals surface area (Å²) in [7, 11) is 0. The third kappa shape index (κ3) is 3.06. The predicted molar refractivity (Wildman–Crippen MR) is 83.9 cm³/mol. The molecule has 20 heavy (non-hydrogen) atoms. The molecule has 2 heterocycles. The third-order valence-electron chi connectivity index (χ3n) is 3.45. The van der Waals surface area contributed by atoms with Crippen LogP contribution in [0.4, 0.5) is 5.69 Å². The van der Waals surface area contributed by atoms with Crippen LogP contribution in [0.5, 0.6) is 0 Å². The number of piperazine rings is 1. The van der Waals surface area contributed by atoms with Gasteiger partial charge in [0.25, 0.3) is 0 Å². The van der Waals surface area contributed by atoms with E-state index < -0.39 is 0 Å². The molecule has 0 spiro atoms. The van der Waals surface area contributed by atoms with Gasteiger partial charge in [0.2, 0.25) is 0 Å². The normalized spacial score (nSPS) is 16.6. The molecule has 0 radical (unpaired) electrons. The van der Waals surface area contributed by atoms with E-state index in [1.165, 1.54) is 11.5 Å². The van der Waals surface area contributed by atoms with Gasteiger partial charge >= 0.3 is 0 Å². The summed E-state index contributed by atoms with van der Waals surface area (Å²) in [5.41, 5.74) is 1.99. The smallest absolute Gasteiger partial charge is 0.138 e. The third-order valence-corrected chi connectivity index (χ3v) is 4.75. The van der Waals surface area contributed by atoms with Crippen LogP contribution in [0.2, 0.25) is 9.36 Å². The average Bonchev–Trinajstić information content (AvgIpc) is 2.86. The van der Waals surface area contributed by atoms with E-state index in [2.05, 4.69) is 25.5 Å². The van der Waals surface area contributed by atoms with Gasteiger partial charge in [-0.15, -0.1) is 5.10 Å². The molecule has 0 saturated carbocycles. The van der Waals surface area contributed by atoms with Crippen LogP contribution in [0.1, 0.15) is 5.69 Å². The van der Waals surface area contributed by atoms with Crippen molar-refractivity contribution in [3.63, 3.8) is 0 Å². The number of hydrogen-bond donors (Lipinski definition) is 0. The Bertz CT molecular complexity index is 581. The van der Waals surface area contributed by atoms with Crippen LogP contribution in [0, 0.1) is 0 Å². The van der Waals surface area contributed by atoms with E-state index >= 15 is 0 Å². The Morgan fingerprint density at radius 2 is 1.85 bits per heavy atom. The molecule has 7 heteroatoms. The van der Waals surface area contributed by atoms with E-state index in [1.54, 1.807) is 0 Å². The summed E-state index contributed by atoms with van der Waals surface area (Å²) in [5, 5.41) is 4.87. The first-order valence-corrected chi connectivity index (χ1v) is 7.95. The molecule has 0 aliphatic carbocycles. The number of halogens is 2. The van der Waals surface area contributed by atoms with Crippen LogP contribution < -0.4 is 4.90 Å². The van der Waals surface area contributed by atoms with E-state index in [9.17, 15) is 0 Å². The Morgan fingerprint density at radius 3 is 2.50 bits per heavy atom. The summed E-state index contributed by atoms with van der Waals surface area (Å²) in [6.45, 7) is 4.63. The maximum atomic E-state index is 6.24. The fourth-order valence-electron chi connectivity index (χ4n) is 2.36. The Balaban J connectivity index is 1.60. The molecule has 3 rings (SSSR count). The van der Waals surface area contributed by atoms with E-state index in [0.29, 0.717) is 4.34 Å². The highest BCUT2D eigenvalue weighted by molar-refractivity contribution is 7.10. The molecule has 0 unspecified atom stereocenters. The van der Waals surface area contributed by atoms with E-state index in [0.717, 1.165) is 49.1 Å². The van der Waals surface area contributed by atoms with Crippen LogP contribution in [0.25, 0.3) is 0 Å². The highest BCUT2D eigenvalue weighted by Gasteiger charge is 2.20. The summed E-state index contributed by atoms with van der Waals surface area (Å²) in [6.07, 6.45) is 0. The van der Waals surface area contributed by atoms with Crippen molar-refractivity contribution in [2.45, 2.75) is 6.54 Å². The van der Waals surface area contributed by atoms with Crippen molar-refractivity contribution in [1.82, 2.24) is 14.5 Å². The van der Waals surface area contributed by atoms with Crippen LogP contribution in [0.15, 0.2) is 24.3 Å². The Hall–Kier alpha value is -0.880. The molecule has 1 aliphatic rings. The van der Waals surface area contributed by atoms with Crippen molar-refractivity contribution in [2.24, 2.45) is 0 Å². The number of aromatic nitrogens is 2. The molecule has 1 aliphatic heterocycles. The summed E-state index contributed by atoms with van der Waals surface area (Å²) in [6, 6.07) is 7.98. The molecule has 106 valence electrons. The monoisotopic (exact) mass is 328 g/mol. The van der Waals surface area contributed by atoms with E-state index in [1.807, 2.05) is 18.2 Å². The molecule has 1 aromatic carbocycles. The lowest BCUT2D eigenvalue weighted by atomic mass is 10.2. The number of rotatable bonds is 3. The Kier molecular flexibility index (Phi) is 4.41. The molecule has 0 atom stereocenters. The van der Waals surface area contributed by atoms with Crippen molar-refractivity contribution >= 4 is 40.4 Å². The van der Waals surface area contributed by atoms with Gasteiger partial charge in [-0.2, -0.15) is 0 Å². The maximum absolute atomic E-state index is 6.24. The highest BCUT2D eigenvalue weighted by atomic mass is 35.5. The second-order valence-electron chi connectivity index (χ2n) is 4.71. The SMILES string of the molecule is Clc1ccccc1N1CCN(Cc2nnsc2Cl)CC1. The van der Waals surface area contributed by atoms with Crippen molar-refractivity contribution < 1.29 is 0 Å². The first-order valence-electron chi connectivity index (χ1n) is 6.42. The molecule has 0 amide bonds. The molecular weight excluding hydrogens is 315 g/mol. The minimum Gasteiger partial charge on any atom is -0.368 e. The fourth-order valence-corrected chi connectivity index (χ4v) is 3.23. The summed E-state index contributed by atoms with van der Waals surface area (Å²) < 4.78 is 4.56. The summed E-state index contributed by atoms with van der Waals surface area (Å²) >= 11 is 13.5. The van der Waals surface area contributed by atoms with Gasteiger partial charge in [-0.1, -0.05) is 39.8 Å². The van der Waals surface area contributed by atoms with E-state index in [4.69, 9.17) is 23.2 Å². The molecule has 4 nitrogen and oxygen atoms in total. The lowest BCUT2D eigenvalue weighted by Gasteiger charge is -2.36. The quantitative estimate of drug-likeness (QED) is 0.866. The number of anilines is 1. The summed E-state index contributed by atoms with van der Waals surface area (Å²) in [4.78, 5) is 4.66. The number of benzene rings is 1. The zero-order valence-corrected chi connectivity index (χ0v) is 13.1. The molecule has 1 fully saturated rings. The minimum absolute atomic E-state index is 0.693. The zero-order chi connectivity index (χ0) is 13.9. The van der Waals surface area contributed by atoms with Crippen molar-refractivity contribution in [2.75, 3.05) is 31.1 Å². The fraction of sp³-hybridized carbons (Fsp3) is 0.385. The largest absolute Gasteiger partial charge is 0.368 e. The zero-order valence-electron chi connectivity index (χ0n) is 10.8. The first kappa shape index (κ1) is 14.1. The lowest BCUT2D eigenvalue weighted by Crippen LogP contribution is -2.46. The molecule has 0 N–H and O–H groups in total. The highest BCUT2D eigenvalue weighted by Crippen LogP contribution is 2.26. The number of para-hydroxylation sites is 1. The molecule has 2 aromatic rings. The number of nitrogens with zero attached hydrogens (tertiary/aromatic N) is 4. The topological polar surface area (TPSA) is 32.3 Å².